The van der Waals surface area contributed by atoms with Crippen LogP contribution in [0.2, 0.25) is 10.0 Å². The molecule has 5 heteroatoms. The molecule has 0 radical (unpaired) electrons. The third-order valence-corrected chi connectivity index (χ3v) is 6.44. The van der Waals surface area contributed by atoms with Crippen LogP contribution in [0.1, 0.15) is 51.0 Å². The summed E-state index contributed by atoms with van der Waals surface area (Å²) < 4.78 is 0. The molecule has 1 aromatic carbocycles. The second-order valence-corrected chi connectivity index (χ2v) is 8.08. The van der Waals surface area contributed by atoms with E-state index in [1.807, 2.05) is 12.1 Å². The lowest BCUT2D eigenvalue weighted by molar-refractivity contribution is -0.134. The van der Waals surface area contributed by atoms with E-state index in [0.717, 1.165) is 18.5 Å². The van der Waals surface area contributed by atoms with Gasteiger partial charge in [0.2, 0.25) is 5.91 Å². The summed E-state index contributed by atoms with van der Waals surface area (Å²) in [6.07, 6.45) is 7.86. The number of rotatable bonds is 5. The normalized spacial score (nSPS) is 24.4. The third-order valence-electron chi connectivity index (χ3n) is 5.70. The number of nitrogens with zero attached hydrogens (tertiary/aromatic N) is 2. The second kappa shape index (κ2) is 8.75. The first-order valence-corrected chi connectivity index (χ1v) is 10.3. The molecule has 0 N–H and O–H groups in total. The van der Waals surface area contributed by atoms with Crippen LogP contribution in [-0.4, -0.2) is 47.4 Å². The van der Waals surface area contributed by atoms with Gasteiger partial charge in [0.15, 0.2) is 0 Å². The number of amides is 1. The van der Waals surface area contributed by atoms with Crippen LogP contribution in [0.3, 0.4) is 0 Å². The molecule has 1 saturated carbocycles. The minimum Gasteiger partial charge on any atom is -0.338 e. The number of carbonyl (C=O) groups excluding carboxylic acids is 1. The highest BCUT2D eigenvalue weighted by Gasteiger charge is 2.36. The van der Waals surface area contributed by atoms with Crippen molar-refractivity contribution in [3.63, 3.8) is 0 Å². The Morgan fingerprint density at radius 2 is 1.84 bits per heavy atom. The summed E-state index contributed by atoms with van der Waals surface area (Å²) in [5, 5.41) is 1.05. The Balaban J connectivity index is 1.72. The molecule has 1 aliphatic carbocycles. The van der Waals surface area contributed by atoms with Crippen LogP contribution in [0.5, 0.6) is 0 Å². The maximum atomic E-state index is 13.0. The van der Waals surface area contributed by atoms with Gasteiger partial charge in [0, 0.05) is 18.6 Å². The van der Waals surface area contributed by atoms with E-state index < -0.39 is 0 Å². The van der Waals surface area contributed by atoms with Gasteiger partial charge in [-0.3, -0.25) is 9.69 Å². The summed E-state index contributed by atoms with van der Waals surface area (Å²) >= 11 is 12.1. The van der Waals surface area contributed by atoms with Gasteiger partial charge in [0.1, 0.15) is 0 Å². The third kappa shape index (κ3) is 4.50. The Morgan fingerprint density at radius 1 is 1.12 bits per heavy atom. The predicted octanol–water partition coefficient (Wildman–Crippen LogP) is 4.79. The average Bonchev–Trinajstić information content (AvgIpc) is 3.14. The van der Waals surface area contributed by atoms with E-state index in [9.17, 15) is 4.79 Å². The first-order valence-electron chi connectivity index (χ1n) is 9.57. The van der Waals surface area contributed by atoms with Crippen LogP contribution < -0.4 is 0 Å². The van der Waals surface area contributed by atoms with E-state index in [-0.39, 0.29) is 5.91 Å². The van der Waals surface area contributed by atoms with E-state index >= 15 is 0 Å². The van der Waals surface area contributed by atoms with Crippen LogP contribution in [0.15, 0.2) is 18.2 Å². The minimum atomic E-state index is 0.206. The molecule has 1 aromatic rings. The maximum Gasteiger partial charge on any atom is 0.227 e. The van der Waals surface area contributed by atoms with Gasteiger partial charge in [-0.25, -0.2) is 0 Å². The van der Waals surface area contributed by atoms with Crippen molar-refractivity contribution in [2.45, 2.75) is 64.0 Å². The van der Waals surface area contributed by atoms with Crippen molar-refractivity contribution in [2.75, 3.05) is 19.6 Å². The second-order valence-electron chi connectivity index (χ2n) is 7.27. The van der Waals surface area contributed by atoms with Crippen LogP contribution in [0.25, 0.3) is 0 Å². The number of hydrogen-bond acceptors (Lipinski definition) is 2. The van der Waals surface area contributed by atoms with Crippen LogP contribution in [0.4, 0.5) is 0 Å². The zero-order valence-electron chi connectivity index (χ0n) is 15.0. The van der Waals surface area contributed by atoms with Gasteiger partial charge >= 0.3 is 0 Å². The zero-order chi connectivity index (χ0) is 17.8. The lowest BCUT2D eigenvalue weighted by Gasteiger charge is -2.43. The fraction of sp³-hybridized carbons (Fsp3) is 0.650. The molecule has 138 valence electrons. The van der Waals surface area contributed by atoms with E-state index in [2.05, 4.69) is 16.7 Å². The number of halogens is 2. The molecule has 0 spiro atoms. The SMILES string of the molecule is CCN(C(=O)Cc1ccc(Cl)c(Cl)c1)[C@@H]1CCCC[C@H]1N1CCCC1. The summed E-state index contributed by atoms with van der Waals surface area (Å²) in [6, 6.07) is 6.38. The van der Waals surface area contributed by atoms with Gasteiger partial charge in [-0.2, -0.15) is 0 Å². The zero-order valence-corrected chi connectivity index (χ0v) is 16.5. The Morgan fingerprint density at radius 3 is 2.52 bits per heavy atom. The maximum absolute atomic E-state index is 13.0. The van der Waals surface area contributed by atoms with Crippen LogP contribution >= 0.6 is 23.2 Å². The summed E-state index contributed by atoms with van der Waals surface area (Å²) in [6.45, 7) is 5.26. The molecule has 3 nitrogen and oxygen atoms in total. The fourth-order valence-electron chi connectivity index (χ4n) is 4.48. The van der Waals surface area contributed by atoms with Gasteiger partial charge in [-0.1, -0.05) is 42.1 Å². The lowest BCUT2D eigenvalue weighted by Crippen LogP contribution is -2.54. The molecule has 25 heavy (non-hydrogen) atoms. The molecule has 1 aliphatic heterocycles. The Hall–Kier alpha value is -0.770. The number of likely N-dealkylation sites (tertiary alicyclic amines) is 1. The van der Waals surface area contributed by atoms with Crippen molar-refractivity contribution in [3.8, 4) is 0 Å². The number of likely N-dealkylation sites (N-methyl/N-ethyl adjacent to an activating group) is 1. The predicted molar refractivity (Wildman–Crippen MR) is 104 cm³/mol. The molecule has 3 rings (SSSR count). The van der Waals surface area contributed by atoms with Crippen molar-refractivity contribution >= 4 is 29.1 Å². The number of hydrogen-bond donors (Lipinski definition) is 0. The molecule has 0 bridgehead atoms. The number of carbonyl (C=O) groups is 1. The largest absolute Gasteiger partial charge is 0.338 e. The van der Waals surface area contributed by atoms with Gasteiger partial charge in [-0.05, 0) is 63.4 Å². The smallest absolute Gasteiger partial charge is 0.227 e. The van der Waals surface area contributed by atoms with Crippen LogP contribution in [-0.2, 0) is 11.2 Å². The quantitative estimate of drug-likeness (QED) is 0.730. The van der Waals surface area contributed by atoms with Crippen molar-refractivity contribution < 1.29 is 4.79 Å². The lowest BCUT2D eigenvalue weighted by atomic mass is 9.87. The van der Waals surface area contributed by atoms with E-state index in [4.69, 9.17) is 23.2 Å². The van der Waals surface area contributed by atoms with Gasteiger partial charge < -0.3 is 4.90 Å². The summed E-state index contributed by atoms with van der Waals surface area (Å²) in [5.74, 6) is 0.206. The molecule has 1 saturated heterocycles. The van der Waals surface area contributed by atoms with E-state index in [0.29, 0.717) is 28.5 Å². The Kier molecular flexibility index (Phi) is 6.65. The first kappa shape index (κ1) is 19.0. The Bertz CT molecular complexity index is 601. The van der Waals surface area contributed by atoms with Crippen LogP contribution in [0, 0.1) is 0 Å². The molecule has 1 amide bonds. The first-order chi connectivity index (χ1) is 12.1. The van der Waals surface area contributed by atoms with E-state index in [1.54, 1.807) is 6.07 Å². The molecule has 2 fully saturated rings. The molecule has 2 aliphatic rings. The van der Waals surface area contributed by atoms with E-state index in [1.165, 1.54) is 45.2 Å². The molecule has 2 atom stereocenters. The van der Waals surface area contributed by atoms with Crippen molar-refractivity contribution in [3.05, 3.63) is 33.8 Å². The highest BCUT2D eigenvalue weighted by atomic mass is 35.5. The van der Waals surface area contributed by atoms with Crippen molar-refractivity contribution in [1.29, 1.82) is 0 Å². The summed E-state index contributed by atoms with van der Waals surface area (Å²) in [5.41, 5.74) is 0.936. The van der Waals surface area contributed by atoms with Crippen molar-refractivity contribution in [2.24, 2.45) is 0 Å². The molecule has 1 heterocycles. The average molecular weight is 383 g/mol. The van der Waals surface area contributed by atoms with Gasteiger partial charge in [0.25, 0.3) is 0 Å². The highest BCUT2D eigenvalue weighted by molar-refractivity contribution is 6.42. The molecule has 0 aromatic heterocycles. The molecule has 0 unspecified atom stereocenters. The van der Waals surface area contributed by atoms with Gasteiger partial charge in [-0.15, -0.1) is 0 Å². The Labute approximate surface area is 161 Å². The van der Waals surface area contributed by atoms with Crippen molar-refractivity contribution in [1.82, 2.24) is 9.80 Å². The minimum absolute atomic E-state index is 0.206. The topological polar surface area (TPSA) is 23.6 Å². The standard InChI is InChI=1S/C20H28Cl2N2O/c1-2-24(20(25)14-15-9-10-16(21)17(22)13-15)19-8-4-3-7-18(19)23-11-5-6-12-23/h9-10,13,18-19H,2-8,11-12,14H2,1H3/t18-,19-/m1/s1. The van der Waals surface area contributed by atoms with Gasteiger partial charge in [0.05, 0.1) is 16.5 Å². The number of benzene rings is 1. The monoisotopic (exact) mass is 382 g/mol. The summed E-state index contributed by atoms with van der Waals surface area (Å²) in [7, 11) is 0. The summed E-state index contributed by atoms with van der Waals surface area (Å²) in [4.78, 5) is 17.8. The molecular formula is C20H28Cl2N2O. The highest BCUT2D eigenvalue weighted by Crippen LogP contribution is 2.30. The molecular weight excluding hydrogens is 355 g/mol. The fourth-order valence-corrected chi connectivity index (χ4v) is 4.80.